The molecule has 2 aliphatic rings. The van der Waals surface area contributed by atoms with Crippen molar-refractivity contribution >= 4 is 18.0 Å². The molecule has 2 aliphatic carbocycles. The highest BCUT2D eigenvalue weighted by atomic mass is 16.5. The minimum atomic E-state index is -1.15. The fraction of sp³-hybridized carbons (Fsp3) is 0.296. The van der Waals surface area contributed by atoms with Crippen molar-refractivity contribution in [2.24, 2.45) is 5.92 Å². The average molecular weight is 475 g/mol. The van der Waals surface area contributed by atoms with Crippen molar-refractivity contribution in [2.45, 2.75) is 37.8 Å². The predicted octanol–water partition coefficient (Wildman–Crippen LogP) is 4.30. The molecule has 3 N–H and O–H groups in total. The fourth-order valence-corrected chi connectivity index (χ4v) is 5.06. The zero-order valence-corrected chi connectivity index (χ0v) is 19.0. The third kappa shape index (κ3) is 4.77. The number of carboxylic acid groups (broad SMARTS) is 1. The van der Waals surface area contributed by atoms with Crippen LogP contribution in [0.25, 0.3) is 11.1 Å². The molecule has 2 amide bonds. The summed E-state index contributed by atoms with van der Waals surface area (Å²) in [5, 5.41) is 14.6. The summed E-state index contributed by atoms with van der Waals surface area (Å²) in [6, 6.07) is 19.1. The van der Waals surface area contributed by atoms with Crippen molar-refractivity contribution in [2.75, 3.05) is 6.61 Å². The molecule has 1 aromatic heterocycles. The predicted molar refractivity (Wildman–Crippen MR) is 127 cm³/mol. The van der Waals surface area contributed by atoms with Gasteiger partial charge in [-0.2, -0.15) is 0 Å². The van der Waals surface area contributed by atoms with Gasteiger partial charge in [0.05, 0.1) is 6.54 Å². The normalized spacial score (nSPS) is 18.5. The molecule has 8 heteroatoms. The van der Waals surface area contributed by atoms with E-state index in [0.717, 1.165) is 11.1 Å². The maximum Gasteiger partial charge on any atom is 0.407 e. The van der Waals surface area contributed by atoms with Crippen LogP contribution in [0, 0.1) is 5.92 Å². The van der Waals surface area contributed by atoms with Crippen LogP contribution in [0.15, 0.2) is 65.1 Å². The number of furan rings is 1. The van der Waals surface area contributed by atoms with E-state index >= 15 is 0 Å². The van der Waals surface area contributed by atoms with E-state index in [-0.39, 0.29) is 42.7 Å². The number of amides is 2. The molecule has 2 aromatic carbocycles. The number of ether oxygens (including phenoxy) is 1. The Kier molecular flexibility index (Phi) is 6.27. The Morgan fingerprint density at radius 1 is 0.943 bits per heavy atom. The summed E-state index contributed by atoms with van der Waals surface area (Å²) in [4.78, 5) is 35.9. The number of rotatable bonds is 7. The highest BCUT2D eigenvalue weighted by Crippen LogP contribution is 2.44. The second-order valence-electron chi connectivity index (χ2n) is 8.97. The molecule has 180 valence electrons. The van der Waals surface area contributed by atoms with Gasteiger partial charge in [-0.05, 0) is 53.6 Å². The van der Waals surface area contributed by atoms with Gasteiger partial charge in [0.25, 0.3) is 0 Å². The molecule has 1 saturated carbocycles. The quantitative estimate of drug-likeness (QED) is 0.470. The monoisotopic (exact) mass is 474 g/mol. The first-order valence-electron chi connectivity index (χ1n) is 11.7. The third-order valence-corrected chi connectivity index (χ3v) is 6.78. The van der Waals surface area contributed by atoms with Gasteiger partial charge in [0.2, 0.25) is 11.7 Å². The number of fused-ring (bicyclic) bond motifs is 3. The van der Waals surface area contributed by atoms with Crippen molar-refractivity contribution in [3.8, 4) is 11.1 Å². The van der Waals surface area contributed by atoms with Gasteiger partial charge in [0.15, 0.2) is 0 Å². The maximum atomic E-state index is 12.5. The Bertz CT molecular complexity index is 1220. The number of hydrogen-bond donors (Lipinski definition) is 3. The van der Waals surface area contributed by atoms with E-state index in [1.807, 2.05) is 24.3 Å². The fourth-order valence-electron chi connectivity index (χ4n) is 5.06. The number of carbonyl (C=O) groups is 3. The first kappa shape index (κ1) is 22.7. The molecule has 5 rings (SSSR count). The lowest BCUT2D eigenvalue weighted by atomic mass is 9.98. The van der Waals surface area contributed by atoms with Crippen molar-refractivity contribution in [1.29, 1.82) is 0 Å². The highest BCUT2D eigenvalue weighted by molar-refractivity contribution is 5.84. The number of aromatic carboxylic acids is 1. The smallest absolute Gasteiger partial charge is 0.407 e. The lowest BCUT2D eigenvalue weighted by molar-refractivity contribution is -0.125. The Morgan fingerprint density at radius 2 is 1.63 bits per heavy atom. The first-order valence-corrected chi connectivity index (χ1v) is 11.7. The van der Waals surface area contributed by atoms with Crippen molar-refractivity contribution in [1.82, 2.24) is 10.6 Å². The minimum absolute atomic E-state index is 0.00139. The molecule has 0 spiro atoms. The molecule has 0 aliphatic heterocycles. The van der Waals surface area contributed by atoms with Crippen LogP contribution in [0.1, 0.15) is 52.6 Å². The van der Waals surface area contributed by atoms with E-state index < -0.39 is 12.1 Å². The summed E-state index contributed by atoms with van der Waals surface area (Å²) < 4.78 is 10.8. The molecule has 3 aromatic rings. The van der Waals surface area contributed by atoms with Gasteiger partial charge in [-0.15, -0.1) is 0 Å². The topological polar surface area (TPSA) is 118 Å². The average Bonchev–Trinajstić information content (AvgIpc) is 3.59. The number of alkyl carbamates (subject to hydrolysis) is 1. The molecule has 8 nitrogen and oxygen atoms in total. The van der Waals surface area contributed by atoms with Crippen molar-refractivity contribution in [3.05, 3.63) is 83.3 Å². The molecule has 0 unspecified atom stereocenters. The number of nitrogens with one attached hydrogen (secondary N) is 2. The van der Waals surface area contributed by atoms with Crippen LogP contribution < -0.4 is 10.6 Å². The van der Waals surface area contributed by atoms with Gasteiger partial charge in [0, 0.05) is 17.9 Å². The lowest BCUT2D eigenvalue weighted by Gasteiger charge is -2.17. The molecule has 35 heavy (non-hydrogen) atoms. The van der Waals surface area contributed by atoms with E-state index in [1.165, 1.54) is 23.3 Å². The molecule has 2 atom stereocenters. The van der Waals surface area contributed by atoms with E-state index in [4.69, 9.17) is 14.3 Å². The molecular formula is C27H26N2O6. The molecule has 0 radical (unpaired) electrons. The van der Waals surface area contributed by atoms with Crippen LogP contribution >= 0.6 is 0 Å². The van der Waals surface area contributed by atoms with E-state index in [2.05, 4.69) is 34.9 Å². The number of carboxylic acids is 1. The highest BCUT2D eigenvalue weighted by Gasteiger charge is 2.32. The zero-order chi connectivity index (χ0) is 24.4. The van der Waals surface area contributed by atoms with Crippen molar-refractivity contribution in [3.63, 3.8) is 0 Å². The summed E-state index contributed by atoms with van der Waals surface area (Å²) in [7, 11) is 0. The van der Waals surface area contributed by atoms with E-state index in [9.17, 15) is 14.4 Å². The third-order valence-electron chi connectivity index (χ3n) is 6.78. The molecule has 0 saturated heterocycles. The second kappa shape index (κ2) is 9.66. The number of carbonyl (C=O) groups excluding carboxylic acids is 2. The Balaban J connectivity index is 1.10. The second-order valence-corrected chi connectivity index (χ2v) is 8.97. The Morgan fingerprint density at radius 3 is 2.29 bits per heavy atom. The largest absolute Gasteiger partial charge is 0.475 e. The SMILES string of the molecule is O=C(N[C@@H]1CC[C@H](C(=O)NCc2ccc(C(=O)O)o2)C1)OCC1c2ccccc2-c2ccccc21. The van der Waals surface area contributed by atoms with Crippen LogP contribution in [0.2, 0.25) is 0 Å². The first-order chi connectivity index (χ1) is 17.0. The molecule has 1 fully saturated rings. The minimum Gasteiger partial charge on any atom is -0.475 e. The summed E-state index contributed by atoms with van der Waals surface area (Å²) >= 11 is 0. The number of hydrogen-bond acceptors (Lipinski definition) is 5. The summed E-state index contributed by atoms with van der Waals surface area (Å²) in [6.45, 7) is 0.366. The van der Waals surface area contributed by atoms with Gasteiger partial charge >= 0.3 is 12.1 Å². The lowest BCUT2D eigenvalue weighted by Crippen LogP contribution is -2.35. The van der Waals surface area contributed by atoms with Crippen LogP contribution in [-0.4, -0.2) is 35.7 Å². The van der Waals surface area contributed by atoms with Crippen LogP contribution in [-0.2, 0) is 16.1 Å². The Hall–Kier alpha value is -4.07. The molecule has 0 bridgehead atoms. The molecular weight excluding hydrogens is 448 g/mol. The van der Waals surface area contributed by atoms with Crippen LogP contribution in [0.5, 0.6) is 0 Å². The maximum absolute atomic E-state index is 12.5. The van der Waals surface area contributed by atoms with E-state index in [1.54, 1.807) is 0 Å². The van der Waals surface area contributed by atoms with Crippen LogP contribution in [0.4, 0.5) is 4.79 Å². The van der Waals surface area contributed by atoms with E-state index in [0.29, 0.717) is 25.0 Å². The number of benzene rings is 2. The van der Waals surface area contributed by atoms with Crippen molar-refractivity contribution < 1.29 is 28.6 Å². The van der Waals surface area contributed by atoms with Gasteiger partial charge in [-0.3, -0.25) is 4.79 Å². The van der Waals surface area contributed by atoms with Crippen LogP contribution in [0.3, 0.4) is 0 Å². The van der Waals surface area contributed by atoms with Gasteiger partial charge in [-0.1, -0.05) is 48.5 Å². The van der Waals surface area contributed by atoms with Gasteiger partial charge in [0.1, 0.15) is 12.4 Å². The summed E-state index contributed by atoms with van der Waals surface area (Å²) in [6.07, 6.45) is 1.38. The van der Waals surface area contributed by atoms with Gasteiger partial charge in [-0.25, -0.2) is 9.59 Å². The summed E-state index contributed by atoms with van der Waals surface area (Å²) in [5.41, 5.74) is 4.67. The zero-order valence-electron chi connectivity index (χ0n) is 19.0. The summed E-state index contributed by atoms with van der Waals surface area (Å²) in [5.74, 6) is -1.32. The Labute approximate surface area is 202 Å². The standard InChI is InChI=1S/C27H26N2O6/c30-25(28-14-18-11-12-24(35-18)26(31)32)16-9-10-17(13-16)29-27(33)34-15-23-21-7-3-1-5-19(21)20-6-2-4-8-22(20)23/h1-8,11-12,16-17,23H,9-10,13-15H2,(H,28,30)(H,29,33)(H,31,32)/t16-,17+/m0/s1. The molecule has 1 heterocycles. The van der Waals surface area contributed by atoms with Gasteiger partial charge < -0.3 is 24.9 Å².